The zero-order valence-corrected chi connectivity index (χ0v) is 33.4. The zero-order valence-electron chi connectivity index (χ0n) is 33.4. The topological polar surface area (TPSA) is 55.8 Å². The van der Waals surface area contributed by atoms with Crippen molar-refractivity contribution in [1.29, 1.82) is 0 Å². The van der Waals surface area contributed by atoms with Gasteiger partial charge in [0.05, 0.1) is 13.2 Å². The number of allylic oxidation sites excluding steroid dienone is 8. The number of rotatable bonds is 40. The molecule has 0 fully saturated rings. The van der Waals surface area contributed by atoms with Gasteiger partial charge in [-0.3, -0.25) is 4.79 Å². The van der Waals surface area contributed by atoms with Gasteiger partial charge in [0.1, 0.15) is 6.10 Å². The van der Waals surface area contributed by atoms with E-state index in [-0.39, 0.29) is 12.6 Å². The van der Waals surface area contributed by atoms with Crippen molar-refractivity contribution in [1.82, 2.24) is 0 Å². The molecule has 0 heterocycles. The fourth-order valence-electron chi connectivity index (χ4n) is 6.20. The molecule has 0 saturated heterocycles. The minimum atomic E-state index is -0.532. The van der Waals surface area contributed by atoms with Crippen LogP contribution < -0.4 is 0 Å². The van der Waals surface area contributed by atoms with Crippen LogP contribution in [0.3, 0.4) is 0 Å². The number of hydrogen-bond acceptors (Lipinski definition) is 4. The lowest BCUT2D eigenvalue weighted by Gasteiger charge is -2.16. The SMILES string of the molecule is CC/C=C\C/C=C\C/C=C\C/C=C\CCCCCCCCCCCCCCCOCC(CO)OC(=O)CCCCCCCCCCCCCC. The van der Waals surface area contributed by atoms with Crippen LogP contribution in [0.5, 0.6) is 0 Å². The summed E-state index contributed by atoms with van der Waals surface area (Å²) in [6.45, 7) is 5.24. The highest BCUT2D eigenvalue weighted by molar-refractivity contribution is 5.69. The van der Waals surface area contributed by atoms with Gasteiger partial charge in [-0.25, -0.2) is 0 Å². The Bertz CT molecular complexity index is 783. The monoisotopic (exact) mass is 701 g/mol. The first-order valence-corrected chi connectivity index (χ1v) is 21.7. The summed E-state index contributed by atoms with van der Waals surface area (Å²) in [5.74, 6) is -0.201. The average molecular weight is 701 g/mol. The second-order valence-corrected chi connectivity index (χ2v) is 14.4. The summed E-state index contributed by atoms with van der Waals surface area (Å²) >= 11 is 0. The van der Waals surface area contributed by atoms with E-state index >= 15 is 0 Å². The average Bonchev–Trinajstić information content (AvgIpc) is 3.12. The molecule has 0 bridgehead atoms. The summed E-state index contributed by atoms with van der Waals surface area (Å²) in [4.78, 5) is 12.2. The van der Waals surface area contributed by atoms with Gasteiger partial charge in [-0.05, 0) is 51.4 Å². The lowest BCUT2D eigenvalue weighted by Crippen LogP contribution is -2.27. The Hall–Kier alpha value is -1.65. The quantitative estimate of drug-likeness (QED) is 0.0393. The number of ether oxygens (including phenoxy) is 2. The first-order chi connectivity index (χ1) is 24.7. The van der Waals surface area contributed by atoms with E-state index in [1.54, 1.807) is 0 Å². The first kappa shape index (κ1) is 48.3. The van der Waals surface area contributed by atoms with Crippen LogP contribution in [0.2, 0.25) is 0 Å². The Labute approximate surface area is 312 Å². The van der Waals surface area contributed by atoms with Gasteiger partial charge in [0, 0.05) is 13.0 Å². The van der Waals surface area contributed by atoms with Gasteiger partial charge in [0.2, 0.25) is 0 Å². The fourth-order valence-corrected chi connectivity index (χ4v) is 6.20. The molecule has 0 rings (SSSR count). The Morgan fingerprint density at radius 1 is 0.500 bits per heavy atom. The summed E-state index contributed by atoms with van der Waals surface area (Å²) in [5.41, 5.74) is 0. The smallest absolute Gasteiger partial charge is 0.306 e. The van der Waals surface area contributed by atoms with Crippen molar-refractivity contribution in [2.24, 2.45) is 0 Å². The van der Waals surface area contributed by atoms with Gasteiger partial charge in [0.25, 0.3) is 0 Å². The van der Waals surface area contributed by atoms with Crippen molar-refractivity contribution in [3.05, 3.63) is 48.6 Å². The molecule has 4 nitrogen and oxygen atoms in total. The van der Waals surface area contributed by atoms with E-state index in [1.165, 1.54) is 148 Å². The van der Waals surface area contributed by atoms with E-state index in [1.807, 2.05) is 0 Å². The van der Waals surface area contributed by atoms with Gasteiger partial charge in [0.15, 0.2) is 0 Å². The minimum absolute atomic E-state index is 0.170. The Kier molecular flexibility index (Phi) is 42.1. The number of aliphatic hydroxyl groups excluding tert-OH is 1. The number of carbonyl (C=O) groups is 1. The highest BCUT2D eigenvalue weighted by Crippen LogP contribution is 2.15. The van der Waals surface area contributed by atoms with Gasteiger partial charge in [-0.1, -0.05) is 204 Å². The normalized spacial score (nSPS) is 12.8. The maximum Gasteiger partial charge on any atom is 0.306 e. The predicted octanol–water partition coefficient (Wildman–Crippen LogP) is 14.3. The molecule has 0 aromatic rings. The zero-order chi connectivity index (χ0) is 36.3. The van der Waals surface area contributed by atoms with E-state index in [4.69, 9.17) is 9.47 Å². The molecule has 0 aliphatic heterocycles. The summed E-state index contributed by atoms with van der Waals surface area (Å²) < 4.78 is 11.2. The lowest BCUT2D eigenvalue weighted by atomic mass is 10.0. The second kappa shape index (κ2) is 43.5. The molecule has 0 spiro atoms. The van der Waals surface area contributed by atoms with E-state index in [0.717, 1.165) is 44.9 Å². The van der Waals surface area contributed by atoms with Crippen LogP contribution in [-0.2, 0) is 14.3 Å². The summed E-state index contributed by atoms with van der Waals surface area (Å²) in [5, 5.41) is 9.59. The molecule has 0 amide bonds. The third-order valence-corrected chi connectivity index (χ3v) is 9.42. The van der Waals surface area contributed by atoms with Crippen LogP contribution in [0.1, 0.15) is 213 Å². The van der Waals surface area contributed by atoms with Crippen LogP contribution in [0.15, 0.2) is 48.6 Å². The molecule has 0 aromatic carbocycles. The molecule has 0 aliphatic carbocycles. The molecule has 4 heteroatoms. The highest BCUT2D eigenvalue weighted by atomic mass is 16.6. The van der Waals surface area contributed by atoms with Gasteiger partial charge in [-0.15, -0.1) is 0 Å². The van der Waals surface area contributed by atoms with Crippen molar-refractivity contribution >= 4 is 5.97 Å². The van der Waals surface area contributed by atoms with E-state index in [2.05, 4.69) is 62.5 Å². The van der Waals surface area contributed by atoms with E-state index in [9.17, 15) is 9.90 Å². The maximum atomic E-state index is 12.2. The van der Waals surface area contributed by atoms with E-state index < -0.39 is 6.10 Å². The van der Waals surface area contributed by atoms with Gasteiger partial charge in [-0.2, -0.15) is 0 Å². The van der Waals surface area contributed by atoms with Crippen LogP contribution in [0.4, 0.5) is 0 Å². The Morgan fingerprint density at radius 3 is 1.36 bits per heavy atom. The third-order valence-electron chi connectivity index (χ3n) is 9.42. The standard InChI is InChI=1S/C46H84O4/c1-3-5-7-9-11-13-15-17-18-19-20-21-22-23-24-25-26-27-28-29-30-32-34-36-38-40-42-49-44-45(43-47)50-46(48)41-39-37-35-33-31-16-14-12-10-8-6-4-2/h5,7,11,13,17-18,20-21,45,47H,3-4,6,8-10,12,14-16,19,22-44H2,1-2H3/b7-5-,13-11-,18-17-,21-20-. The van der Waals surface area contributed by atoms with Crippen molar-refractivity contribution in [2.45, 2.75) is 219 Å². The molecule has 1 N–H and O–H groups in total. The maximum absolute atomic E-state index is 12.2. The molecule has 0 saturated carbocycles. The molecule has 0 aromatic heterocycles. The summed E-state index contributed by atoms with van der Waals surface area (Å²) in [6, 6.07) is 0. The lowest BCUT2D eigenvalue weighted by molar-refractivity contribution is -0.154. The Morgan fingerprint density at radius 2 is 0.900 bits per heavy atom. The highest BCUT2D eigenvalue weighted by Gasteiger charge is 2.13. The number of esters is 1. The van der Waals surface area contributed by atoms with Crippen LogP contribution in [0, 0.1) is 0 Å². The number of aliphatic hydroxyl groups is 1. The third kappa shape index (κ3) is 40.8. The predicted molar refractivity (Wildman–Crippen MR) is 219 cm³/mol. The number of carbonyl (C=O) groups excluding carboxylic acids is 1. The minimum Gasteiger partial charge on any atom is -0.457 e. The number of hydrogen-bond donors (Lipinski definition) is 1. The van der Waals surface area contributed by atoms with Gasteiger partial charge >= 0.3 is 5.97 Å². The molecular formula is C46H84O4. The van der Waals surface area contributed by atoms with Crippen molar-refractivity contribution in [3.63, 3.8) is 0 Å². The molecule has 1 atom stereocenters. The molecule has 1 unspecified atom stereocenters. The molecule has 292 valence electrons. The Balaban J connectivity index is 3.39. The molecule has 0 aliphatic rings. The van der Waals surface area contributed by atoms with Crippen LogP contribution >= 0.6 is 0 Å². The summed E-state index contributed by atoms with van der Waals surface area (Å²) in [6.07, 6.45) is 56.1. The number of unbranched alkanes of at least 4 members (excludes halogenated alkanes) is 24. The van der Waals surface area contributed by atoms with Crippen molar-refractivity contribution < 1.29 is 19.4 Å². The molecule has 50 heavy (non-hydrogen) atoms. The largest absolute Gasteiger partial charge is 0.457 e. The second-order valence-electron chi connectivity index (χ2n) is 14.4. The fraction of sp³-hybridized carbons (Fsp3) is 0.804. The van der Waals surface area contributed by atoms with Crippen LogP contribution in [-0.4, -0.2) is 37.0 Å². The van der Waals surface area contributed by atoms with Gasteiger partial charge < -0.3 is 14.6 Å². The molecular weight excluding hydrogens is 617 g/mol. The first-order valence-electron chi connectivity index (χ1n) is 21.7. The van der Waals surface area contributed by atoms with Crippen molar-refractivity contribution in [2.75, 3.05) is 19.8 Å². The molecule has 0 radical (unpaired) electrons. The van der Waals surface area contributed by atoms with Crippen LogP contribution in [0.25, 0.3) is 0 Å². The van der Waals surface area contributed by atoms with Crippen molar-refractivity contribution in [3.8, 4) is 0 Å². The van der Waals surface area contributed by atoms with E-state index in [0.29, 0.717) is 19.6 Å². The summed E-state index contributed by atoms with van der Waals surface area (Å²) in [7, 11) is 0.